The molecule has 104 valence electrons. The topological polar surface area (TPSA) is 51.2 Å². The molecule has 0 fully saturated rings. The van der Waals surface area contributed by atoms with E-state index in [9.17, 15) is 4.79 Å². The third kappa shape index (κ3) is 3.56. The molecule has 0 unspecified atom stereocenters. The van der Waals surface area contributed by atoms with E-state index < -0.39 is 0 Å². The lowest BCUT2D eigenvalue weighted by Crippen LogP contribution is -2.15. The van der Waals surface area contributed by atoms with Gasteiger partial charge in [-0.15, -0.1) is 0 Å². The first-order valence-corrected chi connectivity index (χ1v) is 6.98. The van der Waals surface area contributed by atoms with E-state index in [0.29, 0.717) is 17.3 Å². The molecule has 0 aliphatic carbocycles. The Bertz CT molecular complexity index is 634. The zero-order chi connectivity index (χ0) is 14.5. The number of carbonyl (C=O) groups excluding carboxylic acids is 1. The van der Waals surface area contributed by atoms with Crippen LogP contribution in [-0.2, 0) is 11.3 Å². The van der Waals surface area contributed by atoms with Crippen LogP contribution in [0.2, 0.25) is 5.02 Å². The van der Waals surface area contributed by atoms with E-state index >= 15 is 0 Å². The highest BCUT2D eigenvalue weighted by Crippen LogP contribution is 2.26. The lowest BCUT2D eigenvalue weighted by molar-refractivity contribution is 0.102. The number of rotatable bonds is 4. The number of aromatic nitrogens is 1. The summed E-state index contributed by atoms with van der Waals surface area (Å²) in [5, 5.41) is 3.28. The molecule has 2 rings (SSSR count). The van der Waals surface area contributed by atoms with E-state index in [4.69, 9.17) is 16.3 Å². The molecular weight excluding hydrogens is 344 g/mol. The van der Waals surface area contributed by atoms with Crippen molar-refractivity contribution in [1.29, 1.82) is 0 Å². The Morgan fingerprint density at radius 1 is 1.45 bits per heavy atom. The molecule has 0 spiro atoms. The number of carbonyl (C=O) groups is 1. The van der Waals surface area contributed by atoms with Crippen molar-refractivity contribution in [3.05, 3.63) is 57.3 Å². The van der Waals surface area contributed by atoms with Crippen LogP contribution >= 0.6 is 27.5 Å². The lowest BCUT2D eigenvalue weighted by atomic mass is 10.2. The molecule has 1 aromatic heterocycles. The molecule has 0 aliphatic heterocycles. The Labute approximate surface area is 130 Å². The van der Waals surface area contributed by atoms with Crippen molar-refractivity contribution in [2.45, 2.75) is 6.61 Å². The number of hydrogen-bond acceptors (Lipinski definition) is 3. The van der Waals surface area contributed by atoms with Gasteiger partial charge in [0, 0.05) is 34.1 Å². The van der Waals surface area contributed by atoms with Gasteiger partial charge >= 0.3 is 0 Å². The molecule has 1 heterocycles. The molecule has 0 saturated heterocycles. The van der Waals surface area contributed by atoms with Gasteiger partial charge in [-0.2, -0.15) is 0 Å². The summed E-state index contributed by atoms with van der Waals surface area (Å²) >= 11 is 9.29. The minimum absolute atomic E-state index is 0.265. The standard InChI is InChI=1S/C14H12BrClN2O2/c1-20-8-10-11(15)3-2-4-12(10)18-14(19)13-7-9(16)5-6-17-13/h2-7H,8H2,1H3,(H,18,19). The number of nitrogens with one attached hydrogen (secondary N) is 1. The van der Waals surface area contributed by atoms with E-state index in [1.165, 1.54) is 12.3 Å². The molecule has 4 nitrogen and oxygen atoms in total. The second-order valence-electron chi connectivity index (χ2n) is 4.01. The number of halogens is 2. The van der Waals surface area contributed by atoms with Crippen LogP contribution in [0.5, 0.6) is 0 Å². The van der Waals surface area contributed by atoms with Gasteiger partial charge in [0.2, 0.25) is 0 Å². The van der Waals surface area contributed by atoms with Gasteiger partial charge in [-0.05, 0) is 24.3 Å². The van der Waals surface area contributed by atoms with E-state index in [1.54, 1.807) is 13.2 Å². The van der Waals surface area contributed by atoms with Crippen LogP contribution in [0.4, 0.5) is 5.69 Å². The lowest BCUT2D eigenvalue weighted by Gasteiger charge is -2.12. The quantitative estimate of drug-likeness (QED) is 0.905. The van der Waals surface area contributed by atoms with Crippen LogP contribution in [0, 0.1) is 0 Å². The molecule has 20 heavy (non-hydrogen) atoms. The number of pyridine rings is 1. The van der Waals surface area contributed by atoms with E-state index in [-0.39, 0.29) is 11.6 Å². The van der Waals surface area contributed by atoms with Gasteiger partial charge in [-0.25, -0.2) is 0 Å². The van der Waals surface area contributed by atoms with Crippen LogP contribution < -0.4 is 5.32 Å². The van der Waals surface area contributed by atoms with Gasteiger partial charge < -0.3 is 10.1 Å². The van der Waals surface area contributed by atoms with Crippen LogP contribution in [0.25, 0.3) is 0 Å². The van der Waals surface area contributed by atoms with E-state index in [0.717, 1.165) is 10.0 Å². The highest BCUT2D eigenvalue weighted by atomic mass is 79.9. The molecule has 0 bridgehead atoms. The Hall–Kier alpha value is -1.43. The number of amides is 1. The van der Waals surface area contributed by atoms with Crippen molar-refractivity contribution in [1.82, 2.24) is 4.98 Å². The average Bonchev–Trinajstić information content (AvgIpc) is 2.42. The first-order valence-electron chi connectivity index (χ1n) is 5.81. The highest BCUT2D eigenvalue weighted by molar-refractivity contribution is 9.10. The molecule has 1 N–H and O–H groups in total. The van der Waals surface area contributed by atoms with Crippen molar-refractivity contribution < 1.29 is 9.53 Å². The maximum atomic E-state index is 12.1. The summed E-state index contributed by atoms with van der Waals surface area (Å²) < 4.78 is 6.01. The maximum absolute atomic E-state index is 12.1. The van der Waals surface area contributed by atoms with Crippen LogP contribution in [-0.4, -0.2) is 18.0 Å². The van der Waals surface area contributed by atoms with Gasteiger partial charge in [0.25, 0.3) is 5.91 Å². The summed E-state index contributed by atoms with van der Waals surface area (Å²) in [4.78, 5) is 16.1. The fourth-order valence-electron chi connectivity index (χ4n) is 1.68. The van der Waals surface area contributed by atoms with Gasteiger partial charge in [-0.3, -0.25) is 9.78 Å². The second-order valence-corrected chi connectivity index (χ2v) is 5.30. The van der Waals surface area contributed by atoms with Crippen molar-refractivity contribution in [2.24, 2.45) is 0 Å². The van der Waals surface area contributed by atoms with Gasteiger partial charge in [0.1, 0.15) is 5.69 Å². The van der Waals surface area contributed by atoms with Crippen molar-refractivity contribution in [2.75, 3.05) is 12.4 Å². The number of benzene rings is 1. The molecule has 2 aromatic rings. The first-order chi connectivity index (χ1) is 9.61. The van der Waals surface area contributed by atoms with Crippen LogP contribution in [0.15, 0.2) is 41.0 Å². The molecule has 0 atom stereocenters. The minimum Gasteiger partial charge on any atom is -0.380 e. The predicted octanol–water partition coefficient (Wildman–Crippen LogP) is 3.90. The fraction of sp³-hybridized carbons (Fsp3) is 0.143. The second kappa shape index (κ2) is 6.83. The predicted molar refractivity (Wildman–Crippen MR) is 82.1 cm³/mol. The Balaban J connectivity index is 2.26. The molecular formula is C14H12BrClN2O2. The Morgan fingerprint density at radius 2 is 2.25 bits per heavy atom. The van der Waals surface area contributed by atoms with Crippen molar-refractivity contribution >= 4 is 39.1 Å². The third-order valence-corrected chi connectivity index (χ3v) is 3.59. The summed E-state index contributed by atoms with van der Waals surface area (Å²) in [5.41, 5.74) is 1.80. The van der Waals surface area contributed by atoms with Crippen molar-refractivity contribution in [3.63, 3.8) is 0 Å². The minimum atomic E-state index is -0.317. The average molecular weight is 356 g/mol. The molecule has 6 heteroatoms. The van der Waals surface area contributed by atoms with Gasteiger partial charge in [0.15, 0.2) is 0 Å². The molecule has 0 radical (unpaired) electrons. The zero-order valence-corrected chi connectivity index (χ0v) is 13.0. The first kappa shape index (κ1) is 15.0. The smallest absolute Gasteiger partial charge is 0.274 e. The largest absolute Gasteiger partial charge is 0.380 e. The maximum Gasteiger partial charge on any atom is 0.274 e. The van der Waals surface area contributed by atoms with Gasteiger partial charge in [0.05, 0.1) is 6.61 Å². The number of nitrogens with zero attached hydrogens (tertiary/aromatic N) is 1. The number of hydrogen-bond donors (Lipinski definition) is 1. The molecule has 1 amide bonds. The molecule has 0 aliphatic rings. The summed E-state index contributed by atoms with van der Waals surface area (Å²) in [6.07, 6.45) is 1.49. The van der Waals surface area contributed by atoms with Gasteiger partial charge in [-0.1, -0.05) is 33.6 Å². The van der Waals surface area contributed by atoms with E-state index in [2.05, 4.69) is 26.2 Å². The molecule has 0 saturated carbocycles. The normalized spacial score (nSPS) is 10.3. The summed E-state index contributed by atoms with van der Waals surface area (Å²) in [6, 6.07) is 8.67. The highest BCUT2D eigenvalue weighted by Gasteiger charge is 2.12. The van der Waals surface area contributed by atoms with Crippen molar-refractivity contribution in [3.8, 4) is 0 Å². The summed E-state index contributed by atoms with van der Waals surface area (Å²) in [6.45, 7) is 0.389. The number of ether oxygens (including phenoxy) is 1. The molecule has 1 aromatic carbocycles. The monoisotopic (exact) mass is 354 g/mol. The third-order valence-electron chi connectivity index (χ3n) is 2.61. The SMILES string of the molecule is COCc1c(Br)cccc1NC(=O)c1cc(Cl)ccn1. The summed E-state index contributed by atoms with van der Waals surface area (Å²) in [7, 11) is 1.60. The van der Waals surface area contributed by atoms with E-state index in [1.807, 2.05) is 18.2 Å². The van der Waals surface area contributed by atoms with Crippen LogP contribution in [0.1, 0.15) is 16.1 Å². The Morgan fingerprint density at radius 3 is 2.95 bits per heavy atom. The summed E-state index contributed by atoms with van der Waals surface area (Å²) in [5.74, 6) is -0.317. The zero-order valence-electron chi connectivity index (χ0n) is 10.7. The number of anilines is 1. The van der Waals surface area contributed by atoms with Crippen LogP contribution in [0.3, 0.4) is 0 Å². The number of methoxy groups -OCH3 is 1. The Kier molecular flexibility index (Phi) is 5.11. The fourth-order valence-corrected chi connectivity index (χ4v) is 2.32.